The second kappa shape index (κ2) is 10.5. The van der Waals surface area contributed by atoms with Gasteiger partial charge in [0.1, 0.15) is 5.82 Å². The maximum Gasteiger partial charge on any atom is 0.321 e. The van der Waals surface area contributed by atoms with Crippen LogP contribution in [-0.4, -0.2) is 39.4 Å². The van der Waals surface area contributed by atoms with Crippen molar-refractivity contribution in [2.45, 2.75) is 50.1 Å². The summed E-state index contributed by atoms with van der Waals surface area (Å²) in [5, 5.41) is 14.6. The minimum atomic E-state index is -0.468. The number of amides is 3. The van der Waals surface area contributed by atoms with Crippen molar-refractivity contribution in [2.75, 3.05) is 12.3 Å². The van der Waals surface area contributed by atoms with Crippen molar-refractivity contribution in [1.29, 1.82) is 0 Å². The number of aryl methyl sites for hydroxylation is 1. The lowest BCUT2D eigenvalue weighted by atomic mass is 10.0. The number of thioether (sulfide) groups is 1. The largest absolute Gasteiger partial charge is 0.337 e. The van der Waals surface area contributed by atoms with E-state index in [2.05, 4.69) is 25.8 Å². The van der Waals surface area contributed by atoms with Crippen LogP contribution in [0.2, 0.25) is 0 Å². The number of imide groups is 1. The Hall–Kier alpha value is -1.87. The standard InChI is InChI=1S/C18H25N5O2S2/c24-16(21-17(25)19-10-9-14-6-3-11-26-14)12-27-18-20-15(22-23-18)8-7-13-4-1-2-5-13/h3,6,11,13H,1-2,4-5,7-10,12H2,(H,20,22,23)(H2,19,21,24,25). The lowest BCUT2D eigenvalue weighted by Gasteiger charge is -2.05. The summed E-state index contributed by atoms with van der Waals surface area (Å²) in [4.78, 5) is 29.2. The number of nitrogens with zero attached hydrogens (tertiary/aromatic N) is 2. The molecule has 9 heteroatoms. The maximum atomic E-state index is 11.9. The molecule has 2 aromatic heterocycles. The molecular weight excluding hydrogens is 382 g/mol. The maximum absolute atomic E-state index is 11.9. The van der Waals surface area contributed by atoms with Gasteiger partial charge in [0.25, 0.3) is 0 Å². The summed E-state index contributed by atoms with van der Waals surface area (Å²) in [5.41, 5.74) is 0. The van der Waals surface area contributed by atoms with Crippen molar-refractivity contribution >= 4 is 35.0 Å². The fourth-order valence-electron chi connectivity index (χ4n) is 3.19. The van der Waals surface area contributed by atoms with Gasteiger partial charge in [-0.2, -0.15) is 0 Å². The van der Waals surface area contributed by atoms with E-state index in [4.69, 9.17) is 0 Å². The Morgan fingerprint density at radius 3 is 2.93 bits per heavy atom. The minimum absolute atomic E-state index is 0.109. The van der Waals surface area contributed by atoms with Crippen LogP contribution in [0.4, 0.5) is 4.79 Å². The summed E-state index contributed by atoms with van der Waals surface area (Å²) in [5.74, 6) is 1.44. The second-order valence-corrected chi connectivity index (χ2v) is 8.65. The van der Waals surface area contributed by atoms with Crippen molar-refractivity contribution < 1.29 is 9.59 Å². The molecule has 3 amide bonds. The molecule has 27 heavy (non-hydrogen) atoms. The lowest BCUT2D eigenvalue weighted by Crippen LogP contribution is -2.41. The van der Waals surface area contributed by atoms with Gasteiger partial charge in [-0.1, -0.05) is 43.5 Å². The topological polar surface area (TPSA) is 99.8 Å². The molecule has 0 unspecified atom stereocenters. The highest BCUT2D eigenvalue weighted by Crippen LogP contribution is 2.28. The van der Waals surface area contributed by atoms with Crippen LogP contribution in [0.3, 0.4) is 0 Å². The molecule has 0 atom stereocenters. The third-order valence-electron chi connectivity index (χ3n) is 4.60. The van der Waals surface area contributed by atoms with E-state index < -0.39 is 6.03 Å². The van der Waals surface area contributed by atoms with Crippen molar-refractivity contribution in [2.24, 2.45) is 5.92 Å². The molecule has 2 aromatic rings. The number of rotatable bonds is 9. The molecule has 0 spiro atoms. The fraction of sp³-hybridized carbons (Fsp3) is 0.556. The molecule has 3 N–H and O–H groups in total. The first-order valence-electron chi connectivity index (χ1n) is 9.33. The van der Waals surface area contributed by atoms with Crippen LogP contribution < -0.4 is 10.6 Å². The zero-order valence-electron chi connectivity index (χ0n) is 15.2. The average molecular weight is 408 g/mol. The van der Waals surface area contributed by atoms with E-state index in [1.54, 1.807) is 11.3 Å². The quantitative estimate of drug-likeness (QED) is 0.555. The first-order valence-corrected chi connectivity index (χ1v) is 11.2. The van der Waals surface area contributed by atoms with Gasteiger partial charge in [-0.15, -0.1) is 16.4 Å². The Balaban J connectivity index is 1.29. The van der Waals surface area contributed by atoms with Gasteiger partial charge in [-0.25, -0.2) is 9.78 Å². The summed E-state index contributed by atoms with van der Waals surface area (Å²) >= 11 is 2.88. The molecule has 146 valence electrons. The first-order chi connectivity index (χ1) is 13.2. The average Bonchev–Trinajstić information content (AvgIpc) is 3.40. The summed E-state index contributed by atoms with van der Waals surface area (Å²) in [7, 11) is 0. The van der Waals surface area contributed by atoms with Gasteiger partial charge < -0.3 is 5.32 Å². The summed E-state index contributed by atoms with van der Waals surface area (Å²) in [6.45, 7) is 0.498. The molecule has 0 aliphatic heterocycles. The molecule has 0 aromatic carbocycles. The van der Waals surface area contributed by atoms with Crippen molar-refractivity contribution in [3.63, 3.8) is 0 Å². The molecule has 1 fully saturated rings. The van der Waals surface area contributed by atoms with Crippen LogP contribution in [0.15, 0.2) is 22.7 Å². The van der Waals surface area contributed by atoms with Gasteiger partial charge in [-0.3, -0.25) is 15.2 Å². The summed E-state index contributed by atoms with van der Waals surface area (Å²) < 4.78 is 0. The van der Waals surface area contributed by atoms with Crippen molar-refractivity contribution in [3.05, 3.63) is 28.2 Å². The molecule has 0 saturated heterocycles. The second-order valence-electron chi connectivity index (χ2n) is 6.68. The van der Waals surface area contributed by atoms with E-state index in [9.17, 15) is 9.59 Å². The van der Waals surface area contributed by atoms with E-state index in [0.717, 1.165) is 31.0 Å². The van der Waals surface area contributed by atoms with Crippen molar-refractivity contribution in [3.8, 4) is 0 Å². The van der Waals surface area contributed by atoms with Crippen molar-refractivity contribution in [1.82, 2.24) is 25.8 Å². The smallest absolute Gasteiger partial charge is 0.321 e. The highest BCUT2D eigenvalue weighted by atomic mass is 32.2. The third kappa shape index (κ3) is 6.99. The Bertz CT molecular complexity index is 726. The summed E-state index contributed by atoms with van der Waals surface area (Å²) in [6.07, 6.45) is 8.14. The van der Waals surface area contributed by atoms with E-state index >= 15 is 0 Å². The molecule has 0 bridgehead atoms. The lowest BCUT2D eigenvalue weighted by molar-refractivity contribution is -0.117. The van der Waals surface area contributed by atoms with Gasteiger partial charge >= 0.3 is 6.03 Å². The SMILES string of the molecule is O=C(CSc1n[nH]c(CCC2CCCC2)n1)NC(=O)NCCc1cccs1. The zero-order chi connectivity index (χ0) is 18.9. The Morgan fingerprint density at radius 1 is 1.30 bits per heavy atom. The third-order valence-corrected chi connectivity index (χ3v) is 6.38. The highest BCUT2D eigenvalue weighted by molar-refractivity contribution is 7.99. The molecule has 2 heterocycles. The molecule has 7 nitrogen and oxygen atoms in total. The number of H-pyrrole nitrogens is 1. The van der Waals surface area contributed by atoms with Gasteiger partial charge in [0, 0.05) is 17.8 Å². The number of thiophene rings is 1. The summed E-state index contributed by atoms with van der Waals surface area (Å²) in [6, 6.07) is 3.53. The predicted molar refractivity (Wildman–Crippen MR) is 107 cm³/mol. The van der Waals surface area contributed by atoms with E-state index in [-0.39, 0.29) is 11.7 Å². The van der Waals surface area contributed by atoms with E-state index in [1.165, 1.54) is 42.3 Å². The molecule has 1 aliphatic rings. The molecule has 1 saturated carbocycles. The number of nitrogens with one attached hydrogen (secondary N) is 3. The number of urea groups is 1. The molecule has 1 aliphatic carbocycles. The Morgan fingerprint density at radius 2 is 2.15 bits per heavy atom. The fourth-order valence-corrected chi connectivity index (χ4v) is 4.51. The van der Waals surface area contributed by atoms with Crippen LogP contribution in [0, 0.1) is 5.92 Å². The normalized spacial score (nSPS) is 14.4. The van der Waals surface area contributed by atoms with Crippen LogP contribution in [0.5, 0.6) is 0 Å². The van der Waals surface area contributed by atoms with Gasteiger partial charge in [-0.05, 0) is 30.2 Å². The number of hydrogen-bond donors (Lipinski definition) is 3. The van der Waals surface area contributed by atoms with Crippen LogP contribution in [-0.2, 0) is 17.6 Å². The highest BCUT2D eigenvalue weighted by Gasteiger charge is 2.16. The Labute approximate surface area is 167 Å². The van der Waals surface area contributed by atoms with Gasteiger partial charge in [0.05, 0.1) is 5.75 Å². The minimum Gasteiger partial charge on any atom is -0.337 e. The van der Waals surface area contributed by atoms with Crippen LogP contribution in [0.25, 0.3) is 0 Å². The number of aromatic nitrogens is 3. The number of aromatic amines is 1. The number of carbonyl (C=O) groups excluding carboxylic acids is 2. The van der Waals surface area contributed by atoms with E-state index in [1.807, 2.05) is 17.5 Å². The predicted octanol–water partition coefficient (Wildman–Crippen LogP) is 3.15. The number of carbonyl (C=O) groups is 2. The number of hydrogen-bond acceptors (Lipinski definition) is 6. The molecule has 0 radical (unpaired) electrons. The van der Waals surface area contributed by atoms with E-state index in [0.29, 0.717) is 11.7 Å². The molecular formula is C18H25N5O2S2. The zero-order valence-corrected chi connectivity index (χ0v) is 16.8. The molecule has 3 rings (SSSR count). The Kier molecular flexibility index (Phi) is 7.70. The van der Waals surface area contributed by atoms with Crippen LogP contribution >= 0.6 is 23.1 Å². The van der Waals surface area contributed by atoms with Gasteiger partial charge in [0.2, 0.25) is 11.1 Å². The van der Waals surface area contributed by atoms with Crippen LogP contribution in [0.1, 0.15) is 42.8 Å². The van der Waals surface area contributed by atoms with Gasteiger partial charge in [0.15, 0.2) is 0 Å². The monoisotopic (exact) mass is 407 g/mol. The first kappa shape index (κ1) is 19.9.